The SMILES string of the molecule is N#Cc1ccc(Sc2cccc(C(F)(F)F)c2)c(NC(N)=S)c1. The summed E-state index contributed by atoms with van der Waals surface area (Å²) in [5, 5.41) is 11.7. The second-order valence-electron chi connectivity index (χ2n) is 4.44. The number of halogens is 3. The molecule has 0 fully saturated rings. The van der Waals surface area contributed by atoms with Gasteiger partial charge in [0.1, 0.15) is 0 Å². The standard InChI is InChI=1S/C15H10F3N3S2/c16-15(17,18)10-2-1-3-11(7-10)23-13-5-4-9(8-19)6-12(13)21-14(20)22/h1-7H,(H3,20,21,22). The van der Waals surface area contributed by atoms with E-state index in [9.17, 15) is 13.2 Å². The molecule has 0 spiro atoms. The Kier molecular flexibility index (Phi) is 5.13. The maximum atomic E-state index is 12.8. The van der Waals surface area contributed by atoms with Crippen LogP contribution < -0.4 is 11.1 Å². The summed E-state index contributed by atoms with van der Waals surface area (Å²) >= 11 is 5.90. The van der Waals surface area contributed by atoms with Crippen molar-refractivity contribution in [3.05, 3.63) is 53.6 Å². The van der Waals surface area contributed by atoms with Crippen molar-refractivity contribution in [2.24, 2.45) is 5.73 Å². The zero-order valence-electron chi connectivity index (χ0n) is 11.5. The lowest BCUT2D eigenvalue weighted by atomic mass is 10.2. The first kappa shape index (κ1) is 17.1. The molecule has 2 rings (SSSR count). The van der Waals surface area contributed by atoms with E-state index in [1.165, 1.54) is 12.1 Å². The number of nitrogens with two attached hydrogens (primary N) is 1. The molecule has 0 saturated heterocycles. The maximum absolute atomic E-state index is 12.8. The second-order valence-corrected chi connectivity index (χ2v) is 5.99. The van der Waals surface area contributed by atoms with E-state index in [1.54, 1.807) is 18.2 Å². The summed E-state index contributed by atoms with van der Waals surface area (Å²) in [4.78, 5) is 1.02. The van der Waals surface area contributed by atoms with Crippen LogP contribution in [-0.4, -0.2) is 5.11 Å². The molecule has 0 aliphatic heterocycles. The van der Waals surface area contributed by atoms with Crippen LogP contribution in [0.4, 0.5) is 18.9 Å². The van der Waals surface area contributed by atoms with E-state index in [4.69, 9.17) is 23.2 Å². The van der Waals surface area contributed by atoms with Gasteiger partial charge < -0.3 is 11.1 Å². The normalized spacial score (nSPS) is 10.9. The third-order valence-electron chi connectivity index (χ3n) is 2.76. The number of nitrogens with one attached hydrogen (secondary N) is 1. The Balaban J connectivity index is 2.36. The summed E-state index contributed by atoms with van der Waals surface area (Å²) in [7, 11) is 0. The summed E-state index contributed by atoms with van der Waals surface area (Å²) < 4.78 is 38.3. The Morgan fingerprint density at radius 3 is 2.57 bits per heavy atom. The molecule has 0 aromatic heterocycles. The second kappa shape index (κ2) is 6.89. The van der Waals surface area contributed by atoms with Gasteiger partial charge in [0.25, 0.3) is 0 Å². The van der Waals surface area contributed by atoms with Crippen molar-refractivity contribution in [3.63, 3.8) is 0 Å². The van der Waals surface area contributed by atoms with Gasteiger partial charge in [0.15, 0.2) is 5.11 Å². The zero-order chi connectivity index (χ0) is 17.0. The zero-order valence-corrected chi connectivity index (χ0v) is 13.1. The molecule has 0 aliphatic carbocycles. The Labute approximate surface area is 140 Å². The molecule has 0 bridgehead atoms. The van der Waals surface area contributed by atoms with Gasteiger partial charge in [-0.05, 0) is 48.6 Å². The molecular weight excluding hydrogens is 343 g/mol. The highest BCUT2D eigenvalue weighted by Gasteiger charge is 2.30. The highest BCUT2D eigenvalue weighted by atomic mass is 32.2. The van der Waals surface area contributed by atoms with Gasteiger partial charge in [-0.3, -0.25) is 0 Å². The minimum Gasteiger partial charge on any atom is -0.376 e. The molecule has 3 nitrogen and oxygen atoms in total. The predicted molar refractivity (Wildman–Crippen MR) is 87.1 cm³/mol. The Morgan fingerprint density at radius 1 is 1.22 bits per heavy atom. The topological polar surface area (TPSA) is 61.8 Å². The van der Waals surface area contributed by atoms with Crippen molar-refractivity contribution in [1.82, 2.24) is 0 Å². The number of thiocarbonyl (C=S) groups is 1. The van der Waals surface area contributed by atoms with Crippen LogP contribution >= 0.6 is 24.0 Å². The third-order valence-corrected chi connectivity index (χ3v) is 3.92. The van der Waals surface area contributed by atoms with Crippen molar-refractivity contribution in [1.29, 1.82) is 5.26 Å². The molecule has 0 aliphatic rings. The van der Waals surface area contributed by atoms with Crippen molar-refractivity contribution in [3.8, 4) is 6.07 Å². The summed E-state index contributed by atoms with van der Waals surface area (Å²) in [5.74, 6) is 0. The van der Waals surface area contributed by atoms with Gasteiger partial charge in [-0.2, -0.15) is 18.4 Å². The molecule has 3 N–H and O–H groups in total. The smallest absolute Gasteiger partial charge is 0.376 e. The van der Waals surface area contributed by atoms with Crippen LogP contribution in [0.3, 0.4) is 0 Å². The largest absolute Gasteiger partial charge is 0.416 e. The molecule has 8 heteroatoms. The van der Waals surface area contributed by atoms with Crippen LogP contribution in [0, 0.1) is 11.3 Å². The van der Waals surface area contributed by atoms with E-state index in [-0.39, 0.29) is 5.11 Å². The lowest BCUT2D eigenvalue weighted by Crippen LogP contribution is -2.19. The molecule has 0 radical (unpaired) electrons. The van der Waals surface area contributed by atoms with Gasteiger partial charge in [0, 0.05) is 9.79 Å². The van der Waals surface area contributed by atoms with Crippen LogP contribution in [0.15, 0.2) is 52.3 Å². The lowest BCUT2D eigenvalue weighted by Gasteiger charge is -2.12. The fourth-order valence-electron chi connectivity index (χ4n) is 1.78. The molecule has 0 saturated carbocycles. The molecule has 118 valence electrons. The van der Waals surface area contributed by atoms with Crippen LogP contribution in [0.2, 0.25) is 0 Å². The van der Waals surface area contributed by atoms with Crippen LogP contribution in [0.25, 0.3) is 0 Å². The van der Waals surface area contributed by atoms with Crippen molar-refractivity contribution in [2.75, 3.05) is 5.32 Å². The van der Waals surface area contributed by atoms with Gasteiger partial charge >= 0.3 is 6.18 Å². The summed E-state index contributed by atoms with van der Waals surface area (Å²) in [6.45, 7) is 0. The van der Waals surface area contributed by atoms with Crippen LogP contribution in [0.5, 0.6) is 0 Å². The number of hydrogen-bond acceptors (Lipinski definition) is 3. The average Bonchev–Trinajstić information content (AvgIpc) is 2.48. The molecule has 2 aromatic rings. The van der Waals surface area contributed by atoms with Crippen LogP contribution in [0.1, 0.15) is 11.1 Å². The van der Waals surface area contributed by atoms with Crippen LogP contribution in [-0.2, 0) is 6.18 Å². The number of rotatable bonds is 3. The number of nitrogens with zero attached hydrogens (tertiary/aromatic N) is 1. The fraction of sp³-hybridized carbons (Fsp3) is 0.0667. The number of anilines is 1. The van der Waals surface area contributed by atoms with E-state index in [0.29, 0.717) is 21.0 Å². The summed E-state index contributed by atoms with van der Waals surface area (Å²) in [6, 6.07) is 11.7. The first-order valence-corrected chi connectivity index (χ1v) is 7.48. The third kappa shape index (κ3) is 4.61. The first-order valence-electron chi connectivity index (χ1n) is 6.25. The molecule has 0 heterocycles. The number of benzene rings is 2. The number of alkyl halides is 3. The van der Waals surface area contributed by atoms with E-state index >= 15 is 0 Å². The molecule has 0 atom stereocenters. The molecule has 0 amide bonds. The Hall–Kier alpha value is -2.24. The van der Waals surface area contributed by atoms with Crippen molar-refractivity contribution < 1.29 is 13.2 Å². The van der Waals surface area contributed by atoms with E-state index in [1.807, 2.05) is 6.07 Å². The minimum atomic E-state index is -4.40. The maximum Gasteiger partial charge on any atom is 0.416 e. The lowest BCUT2D eigenvalue weighted by molar-refractivity contribution is -0.137. The van der Waals surface area contributed by atoms with Gasteiger partial charge in [0.2, 0.25) is 0 Å². The molecule has 23 heavy (non-hydrogen) atoms. The monoisotopic (exact) mass is 353 g/mol. The molecule has 0 unspecified atom stereocenters. The predicted octanol–water partition coefficient (Wildman–Crippen LogP) is 4.38. The Bertz CT molecular complexity index is 782. The Morgan fingerprint density at radius 2 is 1.96 bits per heavy atom. The number of hydrogen-bond donors (Lipinski definition) is 2. The van der Waals surface area contributed by atoms with E-state index in [0.717, 1.165) is 23.9 Å². The summed E-state index contributed by atoms with van der Waals surface area (Å²) in [6.07, 6.45) is -4.40. The first-order chi connectivity index (χ1) is 10.8. The average molecular weight is 353 g/mol. The fourth-order valence-corrected chi connectivity index (χ4v) is 2.83. The number of nitriles is 1. The quantitative estimate of drug-likeness (QED) is 0.802. The molecular formula is C15H10F3N3S2. The van der Waals surface area contributed by atoms with Gasteiger partial charge in [0.05, 0.1) is 22.9 Å². The van der Waals surface area contributed by atoms with E-state index in [2.05, 4.69) is 5.32 Å². The highest BCUT2D eigenvalue weighted by molar-refractivity contribution is 7.99. The van der Waals surface area contributed by atoms with Gasteiger partial charge in [-0.1, -0.05) is 17.8 Å². The van der Waals surface area contributed by atoms with Gasteiger partial charge in [-0.25, -0.2) is 0 Å². The van der Waals surface area contributed by atoms with Crippen molar-refractivity contribution >= 4 is 34.8 Å². The van der Waals surface area contributed by atoms with E-state index < -0.39 is 11.7 Å². The highest BCUT2D eigenvalue weighted by Crippen LogP contribution is 2.37. The molecule has 2 aromatic carbocycles. The van der Waals surface area contributed by atoms with Gasteiger partial charge in [-0.15, -0.1) is 0 Å². The minimum absolute atomic E-state index is 0.00554. The summed E-state index contributed by atoms with van der Waals surface area (Å²) in [5.41, 5.74) is 5.57. The van der Waals surface area contributed by atoms with Crippen molar-refractivity contribution in [2.45, 2.75) is 16.0 Å².